The summed E-state index contributed by atoms with van der Waals surface area (Å²) < 4.78 is 11.3. The molecule has 5 rings (SSSR count). The second kappa shape index (κ2) is 9.10. The van der Waals surface area contributed by atoms with Gasteiger partial charge in [0.1, 0.15) is 5.82 Å². The Morgan fingerprint density at radius 1 is 1.11 bits per heavy atom. The number of aryl methyl sites for hydroxylation is 1. The van der Waals surface area contributed by atoms with Gasteiger partial charge in [-0.2, -0.15) is 4.98 Å². The van der Waals surface area contributed by atoms with Crippen LogP contribution in [0.25, 0.3) is 11.5 Å². The zero-order chi connectivity index (χ0) is 24.6. The van der Waals surface area contributed by atoms with Gasteiger partial charge in [-0.3, -0.25) is 0 Å². The lowest BCUT2D eigenvalue weighted by Crippen LogP contribution is -2.28. The minimum atomic E-state index is -0.952. The molecule has 0 fully saturated rings. The van der Waals surface area contributed by atoms with Crippen LogP contribution in [-0.2, 0) is 10.3 Å². The van der Waals surface area contributed by atoms with E-state index < -0.39 is 18.8 Å². The molecule has 0 amide bonds. The number of nitrogens with zero attached hydrogens (tertiary/aromatic N) is 4. The third-order valence-corrected chi connectivity index (χ3v) is 5.87. The van der Waals surface area contributed by atoms with Gasteiger partial charge in [0.15, 0.2) is 0 Å². The molecule has 4 N–H and O–H groups in total. The lowest BCUT2D eigenvalue weighted by Gasteiger charge is -2.21. The largest absolute Gasteiger partial charge is 0.492 e. The van der Waals surface area contributed by atoms with Crippen molar-refractivity contribution < 1.29 is 19.2 Å². The number of anilines is 3. The third kappa shape index (κ3) is 4.61. The van der Waals surface area contributed by atoms with Crippen molar-refractivity contribution in [2.24, 2.45) is 0 Å². The van der Waals surface area contributed by atoms with Gasteiger partial charge in [0.2, 0.25) is 11.8 Å². The van der Waals surface area contributed by atoms with Crippen molar-refractivity contribution in [2.45, 2.75) is 32.4 Å². The first kappa shape index (κ1) is 23.0. The number of hydrogen-bond donors (Lipinski definition) is 4. The first-order valence-corrected chi connectivity index (χ1v) is 11.2. The molecule has 0 radical (unpaired) electrons. The summed E-state index contributed by atoms with van der Waals surface area (Å²) >= 11 is 0. The second-order valence-electron chi connectivity index (χ2n) is 8.78. The molecular weight excluding hydrogens is 447 g/mol. The molecule has 2 aromatic carbocycles. The van der Waals surface area contributed by atoms with E-state index in [9.17, 15) is 10.1 Å². The van der Waals surface area contributed by atoms with E-state index in [2.05, 4.69) is 30.8 Å². The lowest BCUT2D eigenvalue weighted by atomic mass is 9.78. The molecule has 0 spiro atoms. The Kier molecular flexibility index (Phi) is 5.97. The highest BCUT2D eigenvalue weighted by Gasteiger charge is 2.40. The molecule has 0 saturated heterocycles. The smallest absolute Gasteiger partial charge is 0.423 e. The van der Waals surface area contributed by atoms with Crippen molar-refractivity contribution in [3.8, 4) is 11.5 Å². The lowest BCUT2D eigenvalue weighted by molar-refractivity contribution is 0.101. The van der Waals surface area contributed by atoms with Crippen LogP contribution in [0.2, 0.25) is 0 Å². The molecule has 2 aromatic heterocycles. The third-order valence-electron chi connectivity index (χ3n) is 5.87. The van der Waals surface area contributed by atoms with Crippen LogP contribution in [-0.4, -0.2) is 44.0 Å². The Hall–Kier alpha value is -3.80. The maximum absolute atomic E-state index is 10.2. The van der Waals surface area contributed by atoms with Crippen LogP contribution >= 0.6 is 0 Å². The van der Waals surface area contributed by atoms with Gasteiger partial charge in [0.05, 0.1) is 23.8 Å². The molecule has 1 aliphatic rings. The monoisotopic (exact) mass is 472 g/mol. The molecule has 10 nitrogen and oxygen atoms in total. The van der Waals surface area contributed by atoms with Crippen LogP contribution in [0.15, 0.2) is 59.1 Å². The maximum Gasteiger partial charge on any atom is 0.492 e. The van der Waals surface area contributed by atoms with E-state index in [0.29, 0.717) is 23.2 Å². The van der Waals surface area contributed by atoms with Crippen molar-refractivity contribution >= 4 is 30.0 Å². The topological polar surface area (TPSA) is 138 Å². The van der Waals surface area contributed by atoms with E-state index in [4.69, 9.17) is 9.07 Å². The minimum absolute atomic E-state index is 0.151. The van der Waals surface area contributed by atoms with Crippen LogP contribution in [0, 0.1) is 6.92 Å². The maximum atomic E-state index is 10.2. The molecule has 11 heteroatoms. The van der Waals surface area contributed by atoms with Gasteiger partial charge in [-0.15, -0.1) is 10.2 Å². The summed E-state index contributed by atoms with van der Waals surface area (Å²) in [5.74, 6) is 1.44. The summed E-state index contributed by atoms with van der Waals surface area (Å²) in [7, 11) is -0.952. The SMILES string of the molecule is Cc1nnc(-c2cnc(Nc3ccc4c(c3)C(C)(C)OB4O)nc2N[C@H](CO)c2ccccc2)o1. The zero-order valence-corrected chi connectivity index (χ0v) is 19.6. The average Bonchev–Trinajstić information content (AvgIpc) is 3.37. The molecule has 0 unspecified atom stereocenters. The first-order chi connectivity index (χ1) is 16.8. The fourth-order valence-electron chi connectivity index (χ4n) is 4.10. The highest BCUT2D eigenvalue weighted by Crippen LogP contribution is 2.33. The number of aromatic nitrogens is 4. The van der Waals surface area contributed by atoms with E-state index >= 15 is 0 Å². The molecule has 1 atom stereocenters. The van der Waals surface area contributed by atoms with Gasteiger partial charge in [-0.05, 0) is 42.6 Å². The molecule has 1 aliphatic heterocycles. The van der Waals surface area contributed by atoms with Crippen LogP contribution in [0.4, 0.5) is 17.5 Å². The minimum Gasteiger partial charge on any atom is -0.423 e. The van der Waals surface area contributed by atoms with E-state index in [1.807, 2.05) is 62.4 Å². The Balaban J connectivity index is 1.49. The van der Waals surface area contributed by atoms with Crippen molar-refractivity contribution in [3.05, 3.63) is 71.7 Å². The van der Waals surface area contributed by atoms with E-state index in [0.717, 1.165) is 22.3 Å². The van der Waals surface area contributed by atoms with Gasteiger partial charge in [0, 0.05) is 18.8 Å². The molecule has 0 bridgehead atoms. The quantitative estimate of drug-likeness (QED) is 0.297. The average molecular weight is 472 g/mol. The number of fused-ring (bicyclic) bond motifs is 1. The first-order valence-electron chi connectivity index (χ1n) is 11.2. The van der Waals surface area contributed by atoms with Gasteiger partial charge in [-0.1, -0.05) is 36.4 Å². The second-order valence-corrected chi connectivity index (χ2v) is 8.78. The normalized spacial score (nSPS) is 15.1. The van der Waals surface area contributed by atoms with Crippen LogP contribution in [0.5, 0.6) is 0 Å². The Morgan fingerprint density at radius 2 is 1.91 bits per heavy atom. The number of aliphatic hydroxyl groups is 1. The van der Waals surface area contributed by atoms with E-state index in [-0.39, 0.29) is 12.5 Å². The van der Waals surface area contributed by atoms with Crippen molar-refractivity contribution in [2.75, 3.05) is 17.2 Å². The summed E-state index contributed by atoms with van der Waals surface area (Å²) in [4.78, 5) is 9.10. The molecule has 4 aromatic rings. The van der Waals surface area contributed by atoms with Gasteiger partial charge >= 0.3 is 7.12 Å². The fraction of sp³-hybridized carbons (Fsp3) is 0.250. The summed E-state index contributed by atoms with van der Waals surface area (Å²) in [5, 5.41) is 34.7. The standard InChI is InChI=1S/C24H25BN6O4/c1-14-30-31-22(34-14)17-12-26-23(29-21(17)28-20(13-32)15-7-5-4-6-8-15)27-16-9-10-19-18(11-16)24(2,3)35-25(19)33/h4-12,20,32-33H,13H2,1-3H3,(H2,26,27,28,29)/t20-/m1/s1. The molecule has 0 aliphatic carbocycles. The summed E-state index contributed by atoms with van der Waals surface area (Å²) in [6.07, 6.45) is 1.59. The van der Waals surface area contributed by atoms with Gasteiger partial charge in [0.25, 0.3) is 5.89 Å². The number of nitrogens with one attached hydrogen (secondary N) is 2. The van der Waals surface area contributed by atoms with Crippen molar-refractivity contribution in [1.29, 1.82) is 0 Å². The summed E-state index contributed by atoms with van der Waals surface area (Å²) in [6.45, 7) is 5.37. The van der Waals surface area contributed by atoms with Crippen molar-refractivity contribution in [3.63, 3.8) is 0 Å². The Bertz CT molecular complexity index is 1350. The predicted octanol–water partition coefficient (Wildman–Crippen LogP) is 2.68. The summed E-state index contributed by atoms with van der Waals surface area (Å²) in [5.41, 5.74) is 3.15. The fourth-order valence-corrected chi connectivity index (χ4v) is 4.10. The van der Waals surface area contributed by atoms with E-state index in [1.54, 1.807) is 13.1 Å². The highest BCUT2D eigenvalue weighted by atomic mass is 16.5. The van der Waals surface area contributed by atoms with Gasteiger partial charge in [-0.25, -0.2) is 4.98 Å². The van der Waals surface area contributed by atoms with Crippen LogP contribution < -0.4 is 16.1 Å². The Morgan fingerprint density at radius 3 is 2.63 bits per heavy atom. The van der Waals surface area contributed by atoms with E-state index in [1.165, 1.54) is 0 Å². The molecular formula is C24H25BN6O4. The number of aliphatic hydroxyl groups excluding tert-OH is 1. The summed E-state index contributed by atoms with van der Waals surface area (Å²) in [6, 6.07) is 14.7. The predicted molar refractivity (Wildman–Crippen MR) is 131 cm³/mol. The van der Waals surface area contributed by atoms with Crippen LogP contribution in [0.3, 0.4) is 0 Å². The zero-order valence-electron chi connectivity index (χ0n) is 19.6. The van der Waals surface area contributed by atoms with Gasteiger partial charge < -0.3 is 29.8 Å². The Labute approximate surface area is 202 Å². The number of benzene rings is 2. The molecule has 3 heterocycles. The number of hydrogen-bond acceptors (Lipinski definition) is 10. The highest BCUT2D eigenvalue weighted by molar-refractivity contribution is 6.62. The molecule has 0 saturated carbocycles. The molecule has 178 valence electrons. The van der Waals surface area contributed by atoms with Crippen LogP contribution in [0.1, 0.15) is 36.9 Å². The number of rotatable bonds is 7. The van der Waals surface area contributed by atoms with Crippen molar-refractivity contribution in [1.82, 2.24) is 20.2 Å². The molecule has 35 heavy (non-hydrogen) atoms.